The molecule has 1 N–H and O–H groups in total. The maximum atomic E-state index is 9.41. The average molecular weight is 232 g/mol. The zero-order chi connectivity index (χ0) is 11.7. The van der Waals surface area contributed by atoms with Crippen LogP contribution in [0.25, 0.3) is 0 Å². The Kier molecular flexibility index (Phi) is 3.02. The summed E-state index contributed by atoms with van der Waals surface area (Å²) in [6.07, 6.45) is 10.4. The predicted molar refractivity (Wildman–Crippen MR) is 67.9 cm³/mol. The van der Waals surface area contributed by atoms with Gasteiger partial charge in [0.15, 0.2) is 0 Å². The fourth-order valence-corrected chi connectivity index (χ4v) is 3.53. The number of hydrogen-bond donors (Lipinski definition) is 1. The van der Waals surface area contributed by atoms with Gasteiger partial charge in [-0.05, 0) is 31.2 Å². The summed E-state index contributed by atoms with van der Waals surface area (Å²) in [6, 6.07) is 2.76. The van der Waals surface area contributed by atoms with E-state index in [4.69, 9.17) is 0 Å². The van der Waals surface area contributed by atoms with Gasteiger partial charge in [-0.1, -0.05) is 12.8 Å². The molecule has 0 bridgehead atoms. The highest BCUT2D eigenvalue weighted by Gasteiger charge is 2.36. The van der Waals surface area contributed by atoms with E-state index in [1.54, 1.807) is 6.20 Å². The Morgan fingerprint density at radius 1 is 1.29 bits per heavy atom. The molecular weight excluding hydrogens is 212 g/mol. The monoisotopic (exact) mass is 232 g/mol. The zero-order valence-electron chi connectivity index (χ0n) is 10.2. The first-order chi connectivity index (χ1) is 8.40. The van der Waals surface area contributed by atoms with Gasteiger partial charge in [0.25, 0.3) is 0 Å². The maximum absolute atomic E-state index is 9.41. The molecule has 3 heteroatoms. The van der Waals surface area contributed by atoms with Crippen LogP contribution in [-0.2, 0) is 6.61 Å². The van der Waals surface area contributed by atoms with Gasteiger partial charge in [-0.3, -0.25) is 4.98 Å². The van der Waals surface area contributed by atoms with Crippen molar-refractivity contribution in [1.29, 1.82) is 0 Å². The molecule has 3 nitrogen and oxygen atoms in total. The van der Waals surface area contributed by atoms with E-state index in [-0.39, 0.29) is 6.61 Å². The fourth-order valence-electron chi connectivity index (χ4n) is 3.53. The second-order valence-electron chi connectivity index (χ2n) is 5.26. The number of aliphatic hydroxyl groups is 1. The molecule has 0 spiro atoms. The van der Waals surface area contributed by atoms with Crippen molar-refractivity contribution in [1.82, 2.24) is 4.98 Å². The van der Waals surface area contributed by atoms with Gasteiger partial charge in [-0.25, -0.2) is 0 Å². The van der Waals surface area contributed by atoms with Crippen LogP contribution in [0.15, 0.2) is 18.5 Å². The van der Waals surface area contributed by atoms with Crippen molar-refractivity contribution >= 4 is 5.69 Å². The highest BCUT2D eigenvalue weighted by Crippen LogP contribution is 2.39. The van der Waals surface area contributed by atoms with Gasteiger partial charge >= 0.3 is 0 Å². The number of pyridine rings is 1. The minimum atomic E-state index is 0.0943. The van der Waals surface area contributed by atoms with Crippen molar-refractivity contribution in [2.24, 2.45) is 5.92 Å². The summed E-state index contributed by atoms with van der Waals surface area (Å²) < 4.78 is 0. The molecule has 3 rings (SSSR count). The second-order valence-corrected chi connectivity index (χ2v) is 5.26. The normalized spacial score (nSPS) is 28.2. The van der Waals surface area contributed by atoms with Crippen LogP contribution >= 0.6 is 0 Å². The zero-order valence-corrected chi connectivity index (χ0v) is 10.2. The number of nitrogens with zero attached hydrogens (tertiary/aromatic N) is 2. The molecule has 1 aromatic rings. The summed E-state index contributed by atoms with van der Waals surface area (Å²) in [6.45, 7) is 1.24. The van der Waals surface area contributed by atoms with Gasteiger partial charge in [0, 0.05) is 36.2 Å². The van der Waals surface area contributed by atoms with Gasteiger partial charge in [-0.2, -0.15) is 0 Å². The standard InChI is InChI=1S/C14H20N2O/c17-10-12-9-15-7-5-14(12)16-8-6-11-3-1-2-4-13(11)16/h5,7,9,11,13,17H,1-4,6,8,10H2. The number of aromatic nitrogens is 1. The molecule has 92 valence electrons. The first kappa shape index (κ1) is 11.0. The molecule has 1 aliphatic carbocycles. The molecule has 17 heavy (non-hydrogen) atoms. The molecule has 2 unspecified atom stereocenters. The number of hydrogen-bond acceptors (Lipinski definition) is 3. The smallest absolute Gasteiger partial charge is 0.0717 e. The Morgan fingerprint density at radius 3 is 3.06 bits per heavy atom. The molecule has 2 heterocycles. The quantitative estimate of drug-likeness (QED) is 0.850. The summed E-state index contributed by atoms with van der Waals surface area (Å²) in [5.41, 5.74) is 2.18. The summed E-state index contributed by atoms with van der Waals surface area (Å²) in [5.74, 6) is 0.878. The number of rotatable bonds is 2. The Morgan fingerprint density at radius 2 is 2.18 bits per heavy atom. The SMILES string of the molecule is OCc1cnccc1N1CCC2CCCCC21. The number of fused-ring (bicyclic) bond motifs is 1. The van der Waals surface area contributed by atoms with Crippen LogP contribution in [0.1, 0.15) is 37.7 Å². The molecule has 1 saturated heterocycles. The summed E-state index contributed by atoms with van der Waals surface area (Å²) >= 11 is 0. The van der Waals surface area contributed by atoms with Crippen molar-refractivity contribution in [2.45, 2.75) is 44.8 Å². The average Bonchev–Trinajstić information content (AvgIpc) is 2.82. The lowest BCUT2D eigenvalue weighted by Crippen LogP contribution is -2.35. The Hall–Kier alpha value is -1.09. The van der Waals surface area contributed by atoms with E-state index in [2.05, 4.69) is 16.0 Å². The van der Waals surface area contributed by atoms with E-state index in [1.165, 1.54) is 37.8 Å². The maximum Gasteiger partial charge on any atom is 0.0717 e. The molecule has 0 amide bonds. The third-order valence-electron chi connectivity index (χ3n) is 4.37. The minimum absolute atomic E-state index is 0.0943. The summed E-state index contributed by atoms with van der Waals surface area (Å²) in [5, 5.41) is 9.41. The molecular formula is C14H20N2O. The van der Waals surface area contributed by atoms with Crippen LogP contribution in [0.4, 0.5) is 5.69 Å². The van der Waals surface area contributed by atoms with Gasteiger partial charge in [0.1, 0.15) is 0 Å². The van der Waals surface area contributed by atoms with E-state index in [0.29, 0.717) is 6.04 Å². The van der Waals surface area contributed by atoms with Crippen LogP contribution in [0, 0.1) is 5.92 Å². The Labute approximate surface area is 102 Å². The van der Waals surface area contributed by atoms with Crippen molar-refractivity contribution in [3.05, 3.63) is 24.0 Å². The summed E-state index contributed by atoms with van der Waals surface area (Å²) in [4.78, 5) is 6.62. The molecule has 2 aliphatic rings. The third-order valence-corrected chi connectivity index (χ3v) is 4.37. The van der Waals surface area contributed by atoms with Gasteiger partial charge < -0.3 is 10.0 Å². The molecule has 0 radical (unpaired) electrons. The molecule has 0 aromatic carbocycles. The predicted octanol–water partition coefficient (Wildman–Crippen LogP) is 2.34. The highest BCUT2D eigenvalue weighted by molar-refractivity contribution is 5.54. The first-order valence-electron chi connectivity index (χ1n) is 6.70. The van der Waals surface area contributed by atoms with Crippen molar-refractivity contribution in [3.63, 3.8) is 0 Å². The molecule has 1 saturated carbocycles. The van der Waals surface area contributed by atoms with Crippen LogP contribution in [-0.4, -0.2) is 22.7 Å². The lowest BCUT2D eigenvalue weighted by atomic mass is 9.85. The molecule has 2 fully saturated rings. The number of aliphatic hydroxyl groups excluding tert-OH is 1. The molecule has 1 aliphatic heterocycles. The van der Waals surface area contributed by atoms with Crippen molar-refractivity contribution in [2.75, 3.05) is 11.4 Å². The Balaban J connectivity index is 1.88. The van der Waals surface area contributed by atoms with Gasteiger partial charge in [-0.15, -0.1) is 0 Å². The lowest BCUT2D eigenvalue weighted by molar-refractivity contribution is 0.281. The first-order valence-corrected chi connectivity index (χ1v) is 6.70. The largest absolute Gasteiger partial charge is 0.392 e. The van der Waals surface area contributed by atoms with Crippen molar-refractivity contribution < 1.29 is 5.11 Å². The van der Waals surface area contributed by atoms with E-state index in [9.17, 15) is 5.11 Å². The minimum Gasteiger partial charge on any atom is -0.392 e. The third kappa shape index (κ3) is 1.93. The van der Waals surface area contributed by atoms with E-state index in [0.717, 1.165) is 18.0 Å². The van der Waals surface area contributed by atoms with E-state index >= 15 is 0 Å². The number of anilines is 1. The van der Waals surface area contributed by atoms with Gasteiger partial charge in [0.2, 0.25) is 0 Å². The molecule has 1 aromatic heterocycles. The molecule has 2 atom stereocenters. The van der Waals surface area contributed by atoms with Crippen LogP contribution in [0.5, 0.6) is 0 Å². The van der Waals surface area contributed by atoms with Crippen molar-refractivity contribution in [3.8, 4) is 0 Å². The van der Waals surface area contributed by atoms with E-state index < -0.39 is 0 Å². The van der Waals surface area contributed by atoms with Gasteiger partial charge in [0.05, 0.1) is 6.61 Å². The van der Waals surface area contributed by atoms with Crippen LogP contribution in [0.2, 0.25) is 0 Å². The second kappa shape index (κ2) is 4.65. The van der Waals surface area contributed by atoms with E-state index in [1.807, 2.05) is 6.20 Å². The topological polar surface area (TPSA) is 36.4 Å². The summed E-state index contributed by atoms with van der Waals surface area (Å²) in [7, 11) is 0. The highest BCUT2D eigenvalue weighted by atomic mass is 16.3. The fraction of sp³-hybridized carbons (Fsp3) is 0.643. The Bertz CT molecular complexity index is 394. The van der Waals surface area contributed by atoms with Crippen LogP contribution < -0.4 is 4.90 Å². The lowest BCUT2D eigenvalue weighted by Gasteiger charge is -2.34. The van der Waals surface area contributed by atoms with Crippen LogP contribution in [0.3, 0.4) is 0 Å².